The van der Waals surface area contributed by atoms with E-state index in [9.17, 15) is 9.18 Å². The van der Waals surface area contributed by atoms with Gasteiger partial charge in [0.15, 0.2) is 0 Å². The number of aromatic amines is 2. The summed E-state index contributed by atoms with van der Waals surface area (Å²) in [7, 11) is 0. The Morgan fingerprint density at radius 1 is 1.40 bits per heavy atom. The quantitative estimate of drug-likeness (QED) is 0.682. The van der Waals surface area contributed by atoms with Gasteiger partial charge in [-0.3, -0.25) is 4.98 Å². The van der Waals surface area contributed by atoms with Crippen molar-refractivity contribution in [2.24, 2.45) is 0 Å². The molecule has 20 heavy (non-hydrogen) atoms. The van der Waals surface area contributed by atoms with Gasteiger partial charge in [0, 0.05) is 10.9 Å². The van der Waals surface area contributed by atoms with Gasteiger partial charge in [-0.05, 0) is 43.4 Å². The lowest BCUT2D eigenvalue weighted by Gasteiger charge is -2.12. The lowest BCUT2D eigenvalue weighted by atomic mass is 10.2. The van der Waals surface area contributed by atoms with Crippen molar-refractivity contribution in [2.45, 2.75) is 30.8 Å². The molecule has 0 saturated carbocycles. The van der Waals surface area contributed by atoms with E-state index in [4.69, 9.17) is 0 Å². The van der Waals surface area contributed by atoms with Crippen molar-refractivity contribution >= 4 is 11.8 Å². The molecular weight excluding hydrogens is 279 g/mol. The van der Waals surface area contributed by atoms with E-state index in [1.807, 2.05) is 0 Å². The maximum absolute atomic E-state index is 12.7. The average molecular weight is 296 g/mol. The first-order valence-corrected chi connectivity index (χ1v) is 7.37. The van der Waals surface area contributed by atoms with Crippen LogP contribution in [-0.2, 0) is 6.54 Å². The maximum atomic E-state index is 12.7. The average Bonchev–Trinajstić information content (AvgIpc) is 2.85. The number of hydrogen-bond donors (Lipinski definition) is 3. The number of nitrogens with zero attached hydrogens (tertiary/aromatic N) is 1. The second-order valence-electron chi connectivity index (χ2n) is 4.50. The van der Waals surface area contributed by atoms with Gasteiger partial charge in [-0.15, -0.1) is 11.8 Å². The molecule has 108 valence electrons. The van der Waals surface area contributed by atoms with Crippen LogP contribution < -0.4 is 11.0 Å². The smallest absolute Gasteiger partial charge is 0.307 e. The van der Waals surface area contributed by atoms with Gasteiger partial charge in [-0.1, -0.05) is 0 Å². The van der Waals surface area contributed by atoms with Crippen LogP contribution in [-0.4, -0.2) is 27.0 Å². The SMILES string of the molecule is C[C@@H](CCSc1ccc(F)cc1)NCc1n[nH]c(=O)[nH]1. The predicted molar refractivity (Wildman–Crippen MR) is 77.3 cm³/mol. The summed E-state index contributed by atoms with van der Waals surface area (Å²) < 4.78 is 12.7. The minimum atomic E-state index is -0.290. The molecule has 0 bridgehead atoms. The Morgan fingerprint density at radius 2 is 2.15 bits per heavy atom. The molecule has 5 nitrogen and oxygen atoms in total. The summed E-state index contributed by atoms with van der Waals surface area (Å²) in [5, 5.41) is 9.43. The molecule has 0 amide bonds. The van der Waals surface area contributed by atoms with Crippen LogP contribution in [0.25, 0.3) is 0 Å². The maximum Gasteiger partial charge on any atom is 0.340 e. The fourth-order valence-electron chi connectivity index (χ4n) is 1.65. The Bertz CT molecular complexity index is 581. The molecule has 0 aliphatic rings. The van der Waals surface area contributed by atoms with E-state index in [-0.39, 0.29) is 11.5 Å². The van der Waals surface area contributed by atoms with Gasteiger partial charge >= 0.3 is 5.69 Å². The van der Waals surface area contributed by atoms with Gasteiger partial charge in [0.25, 0.3) is 0 Å². The van der Waals surface area contributed by atoms with Crippen LogP contribution in [0, 0.1) is 5.82 Å². The van der Waals surface area contributed by atoms with Crippen LogP contribution >= 0.6 is 11.8 Å². The molecule has 0 saturated heterocycles. The first kappa shape index (κ1) is 14.8. The highest BCUT2D eigenvalue weighted by Gasteiger charge is 2.04. The largest absolute Gasteiger partial charge is 0.340 e. The number of benzene rings is 1. The molecule has 1 heterocycles. The normalized spacial score (nSPS) is 12.5. The number of hydrogen-bond acceptors (Lipinski definition) is 4. The summed E-state index contributed by atoms with van der Waals surface area (Å²) in [5.74, 6) is 1.34. The second-order valence-corrected chi connectivity index (χ2v) is 5.67. The summed E-state index contributed by atoms with van der Waals surface area (Å²) in [5.41, 5.74) is -0.290. The number of H-pyrrole nitrogens is 2. The van der Waals surface area contributed by atoms with E-state index >= 15 is 0 Å². The Balaban J connectivity index is 1.66. The lowest BCUT2D eigenvalue weighted by Crippen LogP contribution is -2.26. The van der Waals surface area contributed by atoms with Gasteiger partial charge in [-0.25, -0.2) is 14.3 Å². The molecule has 7 heteroatoms. The lowest BCUT2D eigenvalue weighted by molar-refractivity contribution is 0.526. The summed E-state index contributed by atoms with van der Waals surface area (Å²) in [4.78, 5) is 14.5. The van der Waals surface area contributed by atoms with Gasteiger partial charge in [0.1, 0.15) is 11.6 Å². The number of aromatic nitrogens is 3. The van der Waals surface area contributed by atoms with Crippen molar-refractivity contribution in [3.05, 3.63) is 46.4 Å². The third kappa shape index (κ3) is 4.82. The highest BCUT2D eigenvalue weighted by molar-refractivity contribution is 7.99. The van der Waals surface area contributed by atoms with Crippen LogP contribution in [0.3, 0.4) is 0 Å². The van der Waals surface area contributed by atoms with E-state index < -0.39 is 0 Å². The Hall–Kier alpha value is -1.60. The van der Waals surface area contributed by atoms with E-state index in [1.165, 1.54) is 12.1 Å². The zero-order valence-corrected chi connectivity index (χ0v) is 12.0. The van der Waals surface area contributed by atoms with E-state index in [2.05, 4.69) is 27.4 Å². The molecule has 0 spiro atoms. The van der Waals surface area contributed by atoms with Gasteiger partial charge in [0.05, 0.1) is 6.54 Å². The molecule has 0 fully saturated rings. The fourth-order valence-corrected chi connectivity index (χ4v) is 2.68. The first-order valence-electron chi connectivity index (χ1n) is 6.39. The number of rotatable bonds is 7. The monoisotopic (exact) mass is 296 g/mol. The van der Waals surface area contributed by atoms with Crippen molar-refractivity contribution in [3.8, 4) is 0 Å². The molecule has 1 atom stereocenters. The van der Waals surface area contributed by atoms with Crippen molar-refractivity contribution < 1.29 is 4.39 Å². The van der Waals surface area contributed by atoms with Crippen LogP contribution in [0.15, 0.2) is 34.0 Å². The van der Waals surface area contributed by atoms with Crippen LogP contribution in [0.5, 0.6) is 0 Å². The zero-order valence-electron chi connectivity index (χ0n) is 11.1. The highest BCUT2D eigenvalue weighted by atomic mass is 32.2. The van der Waals surface area contributed by atoms with E-state index in [0.717, 1.165) is 17.1 Å². The Morgan fingerprint density at radius 3 is 2.80 bits per heavy atom. The number of thioether (sulfide) groups is 1. The Kier molecular flexibility index (Phi) is 5.37. The number of nitrogens with one attached hydrogen (secondary N) is 3. The molecule has 0 aliphatic carbocycles. The highest BCUT2D eigenvalue weighted by Crippen LogP contribution is 2.19. The minimum absolute atomic E-state index is 0.211. The Labute approximate surface area is 120 Å². The van der Waals surface area contributed by atoms with Crippen LogP contribution in [0.1, 0.15) is 19.2 Å². The van der Waals surface area contributed by atoms with Gasteiger partial charge in [0.2, 0.25) is 0 Å². The molecular formula is C13H17FN4OS. The number of halogens is 1. The van der Waals surface area contributed by atoms with E-state index in [1.54, 1.807) is 23.9 Å². The summed E-state index contributed by atoms with van der Waals surface area (Å²) in [6.45, 7) is 2.61. The van der Waals surface area contributed by atoms with Crippen LogP contribution in [0.4, 0.5) is 4.39 Å². The standard InChI is InChI=1S/C13H17FN4OS/c1-9(15-8-12-16-13(19)18-17-12)6-7-20-11-4-2-10(14)3-5-11/h2-5,9,15H,6-8H2,1H3,(H2,16,17,18,19)/t9-/m0/s1. The third-order valence-electron chi connectivity index (χ3n) is 2.80. The fraction of sp³-hybridized carbons (Fsp3) is 0.385. The van der Waals surface area contributed by atoms with Crippen molar-refractivity contribution in [2.75, 3.05) is 5.75 Å². The molecule has 1 aromatic carbocycles. The first-order chi connectivity index (χ1) is 9.63. The molecule has 3 N–H and O–H groups in total. The predicted octanol–water partition coefficient (Wildman–Crippen LogP) is 1.90. The second kappa shape index (κ2) is 7.25. The molecule has 1 aromatic heterocycles. The van der Waals surface area contributed by atoms with Crippen LogP contribution in [0.2, 0.25) is 0 Å². The topological polar surface area (TPSA) is 73.6 Å². The molecule has 2 aromatic rings. The van der Waals surface area contributed by atoms with Crippen molar-refractivity contribution in [1.82, 2.24) is 20.5 Å². The third-order valence-corrected chi connectivity index (χ3v) is 3.85. The summed E-state index contributed by atoms with van der Waals surface area (Å²) in [6, 6.07) is 6.82. The van der Waals surface area contributed by atoms with Gasteiger partial charge in [-0.2, -0.15) is 5.10 Å². The van der Waals surface area contributed by atoms with Gasteiger partial charge < -0.3 is 5.32 Å². The minimum Gasteiger partial charge on any atom is -0.307 e. The molecule has 0 radical (unpaired) electrons. The molecule has 0 unspecified atom stereocenters. The van der Waals surface area contributed by atoms with Crippen molar-refractivity contribution in [3.63, 3.8) is 0 Å². The molecule has 2 rings (SSSR count). The molecule has 0 aliphatic heterocycles. The summed E-state index contributed by atoms with van der Waals surface area (Å²) >= 11 is 1.70. The van der Waals surface area contributed by atoms with E-state index in [0.29, 0.717) is 18.4 Å². The summed E-state index contributed by atoms with van der Waals surface area (Å²) in [6.07, 6.45) is 0.969. The van der Waals surface area contributed by atoms with Crippen molar-refractivity contribution in [1.29, 1.82) is 0 Å². The zero-order chi connectivity index (χ0) is 14.4.